The van der Waals surface area contributed by atoms with Crippen molar-refractivity contribution in [2.24, 2.45) is 0 Å². The highest BCUT2D eigenvalue weighted by molar-refractivity contribution is 7.89. The van der Waals surface area contributed by atoms with Gasteiger partial charge in [-0.1, -0.05) is 0 Å². The zero-order valence-corrected chi connectivity index (χ0v) is 13.2. The topological polar surface area (TPSA) is 78.5 Å². The van der Waals surface area contributed by atoms with E-state index in [0.29, 0.717) is 19.5 Å². The van der Waals surface area contributed by atoms with E-state index in [2.05, 4.69) is 10.0 Å². The molecule has 2 fully saturated rings. The van der Waals surface area contributed by atoms with Crippen LogP contribution in [0.1, 0.15) is 25.7 Å². The summed E-state index contributed by atoms with van der Waals surface area (Å²) >= 11 is 0. The molecule has 0 aliphatic carbocycles. The zero-order chi connectivity index (χ0) is 15.6. The molecule has 2 aliphatic heterocycles. The number of carbonyl (C=O) groups is 1. The maximum absolute atomic E-state index is 12.3. The zero-order valence-electron chi connectivity index (χ0n) is 12.4. The van der Waals surface area contributed by atoms with Gasteiger partial charge in [0, 0.05) is 31.2 Å². The first-order valence-electron chi connectivity index (χ1n) is 7.70. The molecule has 2 heterocycles. The number of sulfonamides is 1. The summed E-state index contributed by atoms with van der Waals surface area (Å²) < 4.78 is 27.2. The molecule has 1 unspecified atom stereocenters. The molecule has 22 heavy (non-hydrogen) atoms. The van der Waals surface area contributed by atoms with Gasteiger partial charge in [-0.05, 0) is 50.1 Å². The van der Waals surface area contributed by atoms with Crippen molar-refractivity contribution in [3.8, 4) is 0 Å². The fourth-order valence-corrected chi connectivity index (χ4v) is 4.03. The lowest BCUT2D eigenvalue weighted by Gasteiger charge is -2.16. The standard InChI is InChI=1S/C15H21N3O3S/c19-15-4-2-10-18(15)13-5-7-14(8-6-13)22(20,21)17-11-12-3-1-9-16-12/h5-8,12,16-17H,1-4,9-11H2. The molecule has 0 radical (unpaired) electrons. The molecule has 0 saturated carbocycles. The first-order valence-corrected chi connectivity index (χ1v) is 9.18. The minimum atomic E-state index is -3.50. The van der Waals surface area contributed by atoms with E-state index in [0.717, 1.165) is 31.5 Å². The van der Waals surface area contributed by atoms with Crippen LogP contribution < -0.4 is 14.9 Å². The van der Waals surface area contributed by atoms with E-state index in [1.807, 2.05) is 0 Å². The molecule has 1 amide bonds. The summed E-state index contributed by atoms with van der Waals surface area (Å²) in [6, 6.07) is 6.74. The Morgan fingerprint density at radius 2 is 2.00 bits per heavy atom. The van der Waals surface area contributed by atoms with Crippen molar-refractivity contribution in [2.45, 2.75) is 36.6 Å². The molecule has 1 aromatic rings. The summed E-state index contributed by atoms with van der Waals surface area (Å²) in [6.07, 6.45) is 3.51. The van der Waals surface area contributed by atoms with Crippen LogP contribution in [0.3, 0.4) is 0 Å². The molecule has 1 atom stereocenters. The SMILES string of the molecule is O=C1CCCN1c1ccc(S(=O)(=O)NCC2CCCN2)cc1. The second-order valence-corrected chi connectivity index (χ2v) is 7.55. The van der Waals surface area contributed by atoms with Crippen molar-refractivity contribution in [3.05, 3.63) is 24.3 Å². The Kier molecular flexibility index (Phi) is 4.46. The van der Waals surface area contributed by atoms with E-state index in [1.54, 1.807) is 29.2 Å². The first-order chi connectivity index (χ1) is 10.6. The lowest BCUT2D eigenvalue weighted by Crippen LogP contribution is -2.37. The van der Waals surface area contributed by atoms with Crippen LogP contribution in [-0.2, 0) is 14.8 Å². The molecule has 120 valence electrons. The normalized spacial score (nSPS) is 22.5. The van der Waals surface area contributed by atoms with Gasteiger partial charge in [0.2, 0.25) is 15.9 Å². The molecule has 2 N–H and O–H groups in total. The Morgan fingerprint density at radius 1 is 1.23 bits per heavy atom. The molecule has 1 aromatic carbocycles. The van der Waals surface area contributed by atoms with Gasteiger partial charge in [-0.3, -0.25) is 4.79 Å². The number of benzene rings is 1. The summed E-state index contributed by atoms with van der Waals surface area (Å²) in [7, 11) is -3.50. The Bertz CT molecular complexity index is 637. The lowest BCUT2D eigenvalue weighted by molar-refractivity contribution is -0.117. The fourth-order valence-electron chi connectivity index (χ4n) is 2.95. The highest BCUT2D eigenvalue weighted by Crippen LogP contribution is 2.22. The Balaban J connectivity index is 1.67. The molecule has 2 saturated heterocycles. The molecule has 0 bridgehead atoms. The summed E-state index contributed by atoms with van der Waals surface area (Å²) in [6.45, 7) is 2.07. The number of amides is 1. The van der Waals surface area contributed by atoms with Gasteiger partial charge in [-0.2, -0.15) is 0 Å². The molecule has 0 spiro atoms. The summed E-state index contributed by atoms with van der Waals surface area (Å²) in [5, 5.41) is 3.26. The fraction of sp³-hybridized carbons (Fsp3) is 0.533. The third kappa shape index (κ3) is 3.31. The van der Waals surface area contributed by atoms with Crippen LogP contribution >= 0.6 is 0 Å². The third-order valence-corrected chi connectivity index (χ3v) is 5.65. The van der Waals surface area contributed by atoms with Crippen molar-refractivity contribution in [2.75, 3.05) is 24.5 Å². The predicted molar refractivity (Wildman–Crippen MR) is 84.2 cm³/mol. The smallest absolute Gasteiger partial charge is 0.240 e. The third-order valence-electron chi connectivity index (χ3n) is 4.21. The highest BCUT2D eigenvalue weighted by atomic mass is 32.2. The van der Waals surface area contributed by atoms with Crippen LogP contribution in [0, 0.1) is 0 Å². The minimum absolute atomic E-state index is 0.0982. The molecule has 6 nitrogen and oxygen atoms in total. The van der Waals surface area contributed by atoms with Crippen LogP contribution in [-0.4, -0.2) is 40.0 Å². The van der Waals surface area contributed by atoms with Crippen LogP contribution in [0.5, 0.6) is 0 Å². The quantitative estimate of drug-likeness (QED) is 0.842. The van der Waals surface area contributed by atoms with Gasteiger partial charge in [-0.25, -0.2) is 13.1 Å². The second-order valence-electron chi connectivity index (χ2n) is 5.79. The Labute approximate surface area is 130 Å². The average Bonchev–Trinajstić information content (AvgIpc) is 3.17. The van der Waals surface area contributed by atoms with E-state index in [9.17, 15) is 13.2 Å². The second kappa shape index (κ2) is 6.36. The summed E-state index contributed by atoms with van der Waals surface area (Å²) in [4.78, 5) is 13.6. The molecular weight excluding hydrogens is 302 g/mol. The Morgan fingerprint density at radius 3 is 2.59 bits per heavy atom. The number of nitrogens with zero attached hydrogens (tertiary/aromatic N) is 1. The highest BCUT2D eigenvalue weighted by Gasteiger charge is 2.23. The van der Waals surface area contributed by atoms with Gasteiger partial charge >= 0.3 is 0 Å². The number of hydrogen-bond acceptors (Lipinski definition) is 4. The molecule has 2 aliphatic rings. The van der Waals surface area contributed by atoms with E-state index in [1.165, 1.54) is 0 Å². The molecule has 0 aromatic heterocycles. The van der Waals surface area contributed by atoms with Gasteiger partial charge in [0.1, 0.15) is 0 Å². The molecular formula is C15H21N3O3S. The van der Waals surface area contributed by atoms with E-state index in [4.69, 9.17) is 0 Å². The average molecular weight is 323 g/mol. The summed E-state index contributed by atoms with van der Waals surface area (Å²) in [5.74, 6) is 0.0982. The van der Waals surface area contributed by atoms with Crippen molar-refractivity contribution in [3.63, 3.8) is 0 Å². The lowest BCUT2D eigenvalue weighted by atomic mass is 10.2. The van der Waals surface area contributed by atoms with Gasteiger partial charge in [-0.15, -0.1) is 0 Å². The minimum Gasteiger partial charge on any atom is -0.313 e. The number of hydrogen-bond donors (Lipinski definition) is 2. The van der Waals surface area contributed by atoms with Crippen molar-refractivity contribution >= 4 is 21.6 Å². The number of carbonyl (C=O) groups excluding carboxylic acids is 1. The molecule has 3 rings (SSSR count). The van der Waals surface area contributed by atoms with Gasteiger partial charge in [0.15, 0.2) is 0 Å². The maximum Gasteiger partial charge on any atom is 0.240 e. The van der Waals surface area contributed by atoms with E-state index >= 15 is 0 Å². The maximum atomic E-state index is 12.3. The van der Waals surface area contributed by atoms with Gasteiger partial charge < -0.3 is 10.2 Å². The molecule has 7 heteroatoms. The Hall–Kier alpha value is -1.44. The monoisotopic (exact) mass is 323 g/mol. The predicted octanol–water partition coefficient (Wildman–Crippen LogP) is 0.844. The largest absolute Gasteiger partial charge is 0.313 e. The van der Waals surface area contributed by atoms with Crippen LogP contribution in [0.4, 0.5) is 5.69 Å². The number of rotatable bonds is 5. The van der Waals surface area contributed by atoms with Crippen LogP contribution in [0.15, 0.2) is 29.2 Å². The van der Waals surface area contributed by atoms with E-state index < -0.39 is 10.0 Å². The number of nitrogens with one attached hydrogen (secondary N) is 2. The van der Waals surface area contributed by atoms with Crippen LogP contribution in [0.25, 0.3) is 0 Å². The van der Waals surface area contributed by atoms with Gasteiger partial charge in [0.05, 0.1) is 4.90 Å². The van der Waals surface area contributed by atoms with Crippen molar-refractivity contribution in [1.82, 2.24) is 10.0 Å². The first kappa shape index (κ1) is 15.5. The van der Waals surface area contributed by atoms with E-state index in [-0.39, 0.29) is 16.8 Å². The number of anilines is 1. The van der Waals surface area contributed by atoms with Crippen molar-refractivity contribution < 1.29 is 13.2 Å². The van der Waals surface area contributed by atoms with Crippen LogP contribution in [0.2, 0.25) is 0 Å². The summed E-state index contributed by atoms with van der Waals surface area (Å²) in [5.41, 5.74) is 0.763. The van der Waals surface area contributed by atoms with Crippen molar-refractivity contribution in [1.29, 1.82) is 0 Å². The van der Waals surface area contributed by atoms with Gasteiger partial charge in [0.25, 0.3) is 0 Å².